The van der Waals surface area contributed by atoms with E-state index in [1.54, 1.807) is 43.5 Å². The molecule has 0 saturated carbocycles. The predicted octanol–water partition coefficient (Wildman–Crippen LogP) is 4.11. The molecule has 2 aromatic heterocycles. The lowest BCUT2D eigenvalue weighted by atomic mass is 9.82. The molecule has 0 spiro atoms. The van der Waals surface area contributed by atoms with Crippen LogP contribution in [0.2, 0.25) is 0 Å². The standard InChI is InChI=1S/C29H27FN4O4/c1-16(14-33-27(35)19-11-18-5-4-10-32-24(18)23(12-19)37-3)22-13-21-26(38-15-29(21,2)28(31)36)25(34-22)17-6-8-20(30)9-7-17/h4-13,16H,14-15H2,1-3H3,(H2,31,36)(H,33,35)/t16-,29+/m1/s1. The van der Waals surface area contributed by atoms with Gasteiger partial charge in [0.05, 0.1) is 7.11 Å². The van der Waals surface area contributed by atoms with Gasteiger partial charge in [-0.05, 0) is 55.5 Å². The van der Waals surface area contributed by atoms with Crippen LogP contribution in [0.1, 0.15) is 41.4 Å². The average Bonchev–Trinajstić information content (AvgIpc) is 3.28. The van der Waals surface area contributed by atoms with E-state index < -0.39 is 11.3 Å². The molecule has 0 fully saturated rings. The van der Waals surface area contributed by atoms with Gasteiger partial charge in [-0.15, -0.1) is 0 Å². The van der Waals surface area contributed by atoms with Crippen molar-refractivity contribution in [1.29, 1.82) is 0 Å². The van der Waals surface area contributed by atoms with Crippen LogP contribution in [0, 0.1) is 5.82 Å². The molecular formula is C29H27FN4O4. The molecule has 3 N–H and O–H groups in total. The molecule has 0 aliphatic carbocycles. The highest BCUT2D eigenvalue weighted by Gasteiger charge is 2.44. The maximum absolute atomic E-state index is 13.6. The van der Waals surface area contributed by atoms with Crippen LogP contribution in [0.5, 0.6) is 11.5 Å². The molecule has 2 aromatic carbocycles. The number of methoxy groups -OCH3 is 1. The molecule has 0 radical (unpaired) electrons. The Kier molecular flexibility index (Phi) is 6.44. The number of aromatic nitrogens is 2. The van der Waals surface area contributed by atoms with Crippen LogP contribution >= 0.6 is 0 Å². The second-order valence-corrected chi connectivity index (χ2v) is 9.63. The minimum absolute atomic E-state index is 0.0841. The maximum Gasteiger partial charge on any atom is 0.251 e. The van der Waals surface area contributed by atoms with Crippen molar-refractivity contribution in [1.82, 2.24) is 15.3 Å². The van der Waals surface area contributed by atoms with Crippen molar-refractivity contribution in [2.75, 3.05) is 20.3 Å². The number of ether oxygens (including phenoxy) is 2. The van der Waals surface area contributed by atoms with E-state index in [0.717, 1.165) is 5.39 Å². The maximum atomic E-state index is 13.6. The Hall–Kier alpha value is -4.53. The zero-order valence-electron chi connectivity index (χ0n) is 21.2. The van der Waals surface area contributed by atoms with Crippen LogP contribution in [0.3, 0.4) is 0 Å². The van der Waals surface area contributed by atoms with Gasteiger partial charge in [0.1, 0.15) is 40.5 Å². The number of nitrogens with two attached hydrogens (primary N) is 1. The Bertz CT molecular complexity index is 1560. The lowest BCUT2D eigenvalue weighted by molar-refractivity contribution is -0.123. The Morgan fingerprint density at radius 1 is 1.21 bits per heavy atom. The summed E-state index contributed by atoms with van der Waals surface area (Å²) < 4.78 is 24.9. The summed E-state index contributed by atoms with van der Waals surface area (Å²) in [7, 11) is 1.54. The molecule has 1 aliphatic rings. The van der Waals surface area contributed by atoms with Gasteiger partial charge in [-0.2, -0.15) is 0 Å². The quantitative estimate of drug-likeness (QED) is 0.383. The zero-order valence-corrected chi connectivity index (χ0v) is 21.2. The molecule has 4 aromatic rings. The van der Waals surface area contributed by atoms with Crippen molar-refractivity contribution >= 4 is 22.7 Å². The van der Waals surface area contributed by atoms with Gasteiger partial charge in [0, 0.05) is 46.4 Å². The highest BCUT2D eigenvalue weighted by molar-refractivity contribution is 6.00. The lowest BCUT2D eigenvalue weighted by Gasteiger charge is -2.20. The SMILES string of the molecule is COc1cc(C(=O)NC[C@@H](C)c2cc3c(c(-c4ccc(F)cc4)n2)OC[C@]3(C)C(N)=O)cc2cccnc12. The number of pyridine rings is 2. The molecule has 194 valence electrons. The Balaban J connectivity index is 1.45. The number of halogens is 1. The molecule has 1 aliphatic heterocycles. The van der Waals surface area contributed by atoms with E-state index in [1.165, 1.54) is 19.2 Å². The predicted molar refractivity (Wildman–Crippen MR) is 141 cm³/mol. The smallest absolute Gasteiger partial charge is 0.251 e. The van der Waals surface area contributed by atoms with Crippen LogP contribution in [0.25, 0.3) is 22.2 Å². The molecular weight excluding hydrogens is 487 g/mol. The van der Waals surface area contributed by atoms with Gasteiger partial charge in [-0.1, -0.05) is 13.0 Å². The fourth-order valence-corrected chi connectivity index (χ4v) is 4.56. The van der Waals surface area contributed by atoms with Gasteiger partial charge in [0.15, 0.2) is 0 Å². The first-order chi connectivity index (χ1) is 18.2. The molecule has 0 unspecified atom stereocenters. The number of nitrogens with zero attached hydrogens (tertiary/aromatic N) is 2. The van der Waals surface area contributed by atoms with Crippen molar-refractivity contribution < 1.29 is 23.5 Å². The molecule has 9 heteroatoms. The minimum Gasteiger partial charge on any atom is -0.494 e. The second kappa shape index (κ2) is 9.74. The first-order valence-corrected chi connectivity index (χ1v) is 12.2. The zero-order chi connectivity index (χ0) is 27.0. The normalized spacial score (nSPS) is 16.9. The van der Waals surface area contributed by atoms with Crippen molar-refractivity contribution in [2.45, 2.75) is 25.2 Å². The van der Waals surface area contributed by atoms with E-state index in [2.05, 4.69) is 10.3 Å². The van der Waals surface area contributed by atoms with Crippen molar-refractivity contribution in [2.24, 2.45) is 5.73 Å². The fourth-order valence-electron chi connectivity index (χ4n) is 4.56. The molecule has 3 heterocycles. The molecule has 2 amide bonds. The first kappa shape index (κ1) is 25.1. The summed E-state index contributed by atoms with van der Waals surface area (Å²) in [6.07, 6.45) is 1.67. The van der Waals surface area contributed by atoms with Gasteiger partial charge in [0.25, 0.3) is 5.91 Å². The molecule has 38 heavy (non-hydrogen) atoms. The number of benzene rings is 2. The van der Waals surface area contributed by atoms with Crippen LogP contribution in [-0.2, 0) is 10.2 Å². The summed E-state index contributed by atoms with van der Waals surface area (Å²) in [4.78, 5) is 34.6. The molecule has 5 rings (SSSR count). The topological polar surface area (TPSA) is 116 Å². The molecule has 2 atom stereocenters. The fraction of sp³-hybridized carbons (Fsp3) is 0.241. The summed E-state index contributed by atoms with van der Waals surface area (Å²) in [5.41, 5.74) is 8.23. The number of carbonyl (C=O) groups is 2. The third kappa shape index (κ3) is 4.40. The van der Waals surface area contributed by atoms with Crippen LogP contribution in [-0.4, -0.2) is 42.0 Å². The van der Waals surface area contributed by atoms with Crippen LogP contribution < -0.4 is 20.5 Å². The Labute approximate surface area is 219 Å². The number of amides is 2. The molecule has 8 nitrogen and oxygen atoms in total. The average molecular weight is 515 g/mol. The third-order valence-electron chi connectivity index (χ3n) is 6.98. The van der Waals surface area contributed by atoms with E-state index in [1.807, 2.05) is 19.1 Å². The van der Waals surface area contributed by atoms with E-state index in [0.29, 0.717) is 45.1 Å². The summed E-state index contributed by atoms with van der Waals surface area (Å²) in [6.45, 7) is 4.01. The number of rotatable bonds is 7. The molecule has 0 bridgehead atoms. The second-order valence-electron chi connectivity index (χ2n) is 9.63. The number of carbonyl (C=O) groups excluding carboxylic acids is 2. The monoisotopic (exact) mass is 514 g/mol. The van der Waals surface area contributed by atoms with E-state index in [9.17, 15) is 14.0 Å². The number of fused-ring (bicyclic) bond motifs is 2. The van der Waals surface area contributed by atoms with E-state index in [-0.39, 0.29) is 30.8 Å². The first-order valence-electron chi connectivity index (χ1n) is 12.2. The summed E-state index contributed by atoms with van der Waals surface area (Å²) in [5.74, 6) is -0.428. The summed E-state index contributed by atoms with van der Waals surface area (Å²) >= 11 is 0. The van der Waals surface area contributed by atoms with Gasteiger partial charge < -0.3 is 20.5 Å². The lowest BCUT2D eigenvalue weighted by Crippen LogP contribution is -2.39. The van der Waals surface area contributed by atoms with Gasteiger partial charge >= 0.3 is 0 Å². The van der Waals surface area contributed by atoms with E-state index >= 15 is 0 Å². The number of hydrogen-bond acceptors (Lipinski definition) is 6. The summed E-state index contributed by atoms with van der Waals surface area (Å²) in [6, 6.07) is 14.8. The van der Waals surface area contributed by atoms with Crippen molar-refractivity contribution in [3.05, 3.63) is 83.4 Å². The third-order valence-corrected chi connectivity index (χ3v) is 6.98. The largest absolute Gasteiger partial charge is 0.494 e. The van der Waals surface area contributed by atoms with Gasteiger partial charge in [-0.25, -0.2) is 9.37 Å². The van der Waals surface area contributed by atoms with Crippen molar-refractivity contribution in [3.63, 3.8) is 0 Å². The number of hydrogen-bond donors (Lipinski definition) is 2. The highest BCUT2D eigenvalue weighted by Crippen LogP contribution is 2.45. The number of nitrogens with one attached hydrogen (secondary N) is 1. The molecule has 0 saturated heterocycles. The van der Waals surface area contributed by atoms with Gasteiger partial charge in [0.2, 0.25) is 5.91 Å². The Morgan fingerprint density at radius 3 is 2.68 bits per heavy atom. The van der Waals surface area contributed by atoms with Crippen LogP contribution in [0.15, 0.2) is 60.8 Å². The van der Waals surface area contributed by atoms with E-state index in [4.69, 9.17) is 20.2 Å². The Morgan fingerprint density at radius 2 is 1.97 bits per heavy atom. The van der Waals surface area contributed by atoms with Crippen molar-refractivity contribution in [3.8, 4) is 22.8 Å². The summed E-state index contributed by atoms with van der Waals surface area (Å²) in [5, 5.41) is 3.76. The highest BCUT2D eigenvalue weighted by atomic mass is 19.1. The minimum atomic E-state index is -1.04. The van der Waals surface area contributed by atoms with Gasteiger partial charge in [-0.3, -0.25) is 14.6 Å². The van der Waals surface area contributed by atoms with Crippen LogP contribution in [0.4, 0.5) is 4.39 Å². The number of primary amides is 1.